The number of aryl methyl sites for hydroxylation is 1. The first kappa shape index (κ1) is 26.3. The van der Waals surface area contributed by atoms with E-state index in [-0.39, 0.29) is 12.0 Å². The zero-order chi connectivity index (χ0) is 26.6. The highest BCUT2D eigenvalue weighted by molar-refractivity contribution is 7.16. The van der Waals surface area contributed by atoms with Crippen LogP contribution in [0.3, 0.4) is 0 Å². The van der Waals surface area contributed by atoms with Crippen LogP contribution in [0, 0.1) is 29.6 Å². The average Bonchev–Trinajstić information content (AvgIpc) is 3.24. The first-order valence-corrected chi connectivity index (χ1v) is 13.2. The van der Waals surface area contributed by atoms with Gasteiger partial charge in [0.2, 0.25) is 0 Å². The van der Waals surface area contributed by atoms with E-state index in [2.05, 4.69) is 37.1 Å². The van der Waals surface area contributed by atoms with Crippen LogP contribution in [0.2, 0.25) is 0 Å². The number of rotatable bonds is 6. The van der Waals surface area contributed by atoms with Crippen molar-refractivity contribution in [2.75, 3.05) is 11.9 Å². The number of hydrogen-bond acceptors (Lipinski definition) is 6. The fourth-order valence-corrected chi connectivity index (χ4v) is 5.63. The molecule has 0 radical (unpaired) electrons. The quantitative estimate of drug-likeness (QED) is 0.296. The van der Waals surface area contributed by atoms with Gasteiger partial charge in [0, 0.05) is 16.8 Å². The molecule has 1 atom stereocenters. The summed E-state index contributed by atoms with van der Waals surface area (Å²) in [6, 6.07) is 16.5. The number of thiophene rings is 1. The van der Waals surface area contributed by atoms with Gasteiger partial charge in [0.25, 0.3) is 5.91 Å². The lowest BCUT2D eigenvalue weighted by molar-refractivity contribution is -0.119. The molecule has 0 bridgehead atoms. The molecule has 1 N–H and O–H groups in total. The minimum atomic E-state index is -0.575. The highest BCUT2D eigenvalue weighted by atomic mass is 32.1. The lowest BCUT2D eigenvalue weighted by Gasteiger charge is -2.33. The minimum Gasteiger partial charge on any atom is -0.452 e. The summed E-state index contributed by atoms with van der Waals surface area (Å²) in [6.45, 7) is 8.43. The van der Waals surface area contributed by atoms with Gasteiger partial charge in [-0.3, -0.25) is 4.79 Å². The van der Waals surface area contributed by atoms with Crippen molar-refractivity contribution in [2.45, 2.75) is 47.0 Å². The van der Waals surface area contributed by atoms with E-state index in [0.717, 1.165) is 41.0 Å². The average molecular weight is 514 g/mol. The van der Waals surface area contributed by atoms with E-state index >= 15 is 0 Å². The van der Waals surface area contributed by atoms with Gasteiger partial charge in [-0.25, -0.2) is 9.79 Å². The topological polar surface area (TPSA) is 91.5 Å². The predicted octanol–water partition coefficient (Wildman–Crippen LogP) is 6.63. The van der Waals surface area contributed by atoms with Gasteiger partial charge in [0.05, 0.1) is 11.1 Å². The minimum absolute atomic E-state index is 0.242. The molecule has 1 heterocycles. The van der Waals surface area contributed by atoms with E-state index < -0.39 is 11.9 Å². The second-order valence-electron chi connectivity index (χ2n) is 10.5. The van der Waals surface area contributed by atoms with Crippen molar-refractivity contribution in [3.05, 3.63) is 81.2 Å². The van der Waals surface area contributed by atoms with Gasteiger partial charge >= 0.3 is 5.97 Å². The van der Waals surface area contributed by atoms with Gasteiger partial charge in [-0.15, -0.1) is 11.3 Å². The third-order valence-electron chi connectivity index (χ3n) is 6.73. The van der Waals surface area contributed by atoms with Gasteiger partial charge < -0.3 is 10.1 Å². The summed E-state index contributed by atoms with van der Waals surface area (Å²) < 4.78 is 5.15. The molecule has 6 nitrogen and oxygen atoms in total. The monoisotopic (exact) mass is 513 g/mol. The van der Waals surface area contributed by atoms with Gasteiger partial charge in [-0.2, -0.15) is 5.26 Å². The highest BCUT2D eigenvalue weighted by Crippen LogP contribution is 2.44. The maximum Gasteiger partial charge on any atom is 0.338 e. The number of anilines is 1. The Morgan fingerprint density at radius 2 is 1.86 bits per heavy atom. The van der Waals surface area contributed by atoms with Crippen LogP contribution in [0.5, 0.6) is 0 Å². The van der Waals surface area contributed by atoms with Crippen LogP contribution < -0.4 is 5.32 Å². The van der Waals surface area contributed by atoms with Crippen LogP contribution in [0.4, 0.5) is 10.7 Å². The fraction of sp³-hybridized carbons (Fsp3) is 0.333. The number of nitrogens with zero attached hydrogens (tertiary/aromatic N) is 2. The molecule has 0 aliphatic heterocycles. The number of esters is 1. The molecule has 1 amide bonds. The normalized spacial score (nSPS) is 15.2. The number of aliphatic imine (C=N–C) groups is 1. The molecule has 0 saturated carbocycles. The van der Waals surface area contributed by atoms with Crippen molar-refractivity contribution in [3.8, 4) is 6.07 Å². The molecule has 1 aromatic heterocycles. The Hall–Kier alpha value is -3.76. The molecule has 1 aliphatic rings. The van der Waals surface area contributed by atoms with Crippen molar-refractivity contribution in [2.24, 2.45) is 16.3 Å². The molecule has 0 spiro atoms. The lowest BCUT2D eigenvalue weighted by atomic mass is 9.72. The maximum atomic E-state index is 12.4. The summed E-state index contributed by atoms with van der Waals surface area (Å²) in [5.41, 5.74) is 4.97. The van der Waals surface area contributed by atoms with Crippen LogP contribution in [0.25, 0.3) is 0 Å². The van der Waals surface area contributed by atoms with E-state index in [1.807, 2.05) is 19.1 Å². The Labute approximate surface area is 222 Å². The smallest absolute Gasteiger partial charge is 0.338 e. The summed E-state index contributed by atoms with van der Waals surface area (Å²) in [7, 11) is 0. The Kier molecular flexibility index (Phi) is 7.89. The molecular weight excluding hydrogens is 482 g/mol. The molecule has 37 heavy (non-hydrogen) atoms. The lowest BCUT2D eigenvalue weighted by Crippen LogP contribution is -2.26. The number of carbonyl (C=O) groups excluding carboxylic acids is 2. The highest BCUT2D eigenvalue weighted by Gasteiger charge is 2.32. The molecule has 7 heteroatoms. The third-order valence-corrected chi connectivity index (χ3v) is 7.89. The molecule has 0 fully saturated rings. The van der Waals surface area contributed by atoms with Crippen LogP contribution >= 0.6 is 11.3 Å². The van der Waals surface area contributed by atoms with Gasteiger partial charge in [-0.05, 0) is 72.9 Å². The van der Waals surface area contributed by atoms with E-state index in [0.29, 0.717) is 22.7 Å². The Bertz CT molecular complexity index is 1360. The molecule has 3 aromatic rings. The second kappa shape index (κ2) is 11.1. The summed E-state index contributed by atoms with van der Waals surface area (Å²) in [5.74, 6) is -0.377. The number of ether oxygens (including phenoxy) is 1. The number of carbonyl (C=O) groups is 2. The SMILES string of the molecule is Cc1ccc(NC(=O)COC(=O)c2ccc(C=Nc3sc4c(c3C#N)CC[C@@H](C(C)(C)C)C4)cc2)cc1. The van der Waals surface area contributed by atoms with Gasteiger partial charge in [0.1, 0.15) is 11.1 Å². The second-order valence-corrected chi connectivity index (χ2v) is 11.6. The van der Waals surface area contributed by atoms with Crippen LogP contribution in [-0.4, -0.2) is 24.7 Å². The van der Waals surface area contributed by atoms with Crippen molar-refractivity contribution >= 4 is 40.1 Å². The number of nitrogens with one attached hydrogen (secondary N) is 1. The van der Waals surface area contributed by atoms with Crippen molar-refractivity contribution in [1.82, 2.24) is 0 Å². The zero-order valence-electron chi connectivity index (χ0n) is 21.6. The van der Waals surface area contributed by atoms with Crippen molar-refractivity contribution in [3.63, 3.8) is 0 Å². The van der Waals surface area contributed by atoms with Crippen LogP contribution in [0.15, 0.2) is 53.5 Å². The molecule has 4 rings (SSSR count). The Morgan fingerprint density at radius 1 is 1.16 bits per heavy atom. The van der Waals surface area contributed by atoms with Crippen molar-refractivity contribution < 1.29 is 14.3 Å². The first-order chi connectivity index (χ1) is 17.6. The van der Waals surface area contributed by atoms with E-state index in [1.165, 1.54) is 4.88 Å². The van der Waals surface area contributed by atoms with Crippen LogP contribution in [0.1, 0.15) is 64.7 Å². The maximum absolute atomic E-state index is 12.4. The third kappa shape index (κ3) is 6.52. The molecule has 2 aromatic carbocycles. The summed E-state index contributed by atoms with van der Waals surface area (Å²) in [4.78, 5) is 30.3. The molecule has 1 aliphatic carbocycles. The van der Waals surface area contributed by atoms with E-state index in [4.69, 9.17) is 4.74 Å². The summed E-state index contributed by atoms with van der Waals surface area (Å²) in [5, 5.41) is 13.2. The Morgan fingerprint density at radius 3 is 2.51 bits per heavy atom. The number of fused-ring (bicyclic) bond motifs is 1. The number of nitriles is 1. The number of hydrogen-bond donors (Lipinski definition) is 1. The van der Waals surface area contributed by atoms with Gasteiger partial charge in [0.15, 0.2) is 6.61 Å². The zero-order valence-corrected chi connectivity index (χ0v) is 22.4. The molecule has 190 valence electrons. The van der Waals surface area contributed by atoms with E-state index in [9.17, 15) is 14.9 Å². The number of benzene rings is 2. The summed E-state index contributed by atoms with van der Waals surface area (Å²) >= 11 is 1.61. The molecular formula is C30H31N3O3S. The molecule has 0 unspecified atom stereocenters. The fourth-order valence-electron chi connectivity index (χ4n) is 4.40. The first-order valence-electron chi connectivity index (χ1n) is 12.4. The molecule has 0 saturated heterocycles. The predicted molar refractivity (Wildman–Crippen MR) is 148 cm³/mol. The number of amides is 1. The Balaban J connectivity index is 1.36. The van der Waals surface area contributed by atoms with Crippen LogP contribution in [-0.2, 0) is 22.4 Å². The largest absolute Gasteiger partial charge is 0.452 e. The van der Waals surface area contributed by atoms with E-state index in [1.54, 1.807) is 53.9 Å². The standard InChI is InChI=1S/C30H31N3O3S/c1-19-5-12-23(13-6-19)33-27(34)18-36-29(35)21-9-7-20(8-10-21)17-32-28-25(16-31)24-14-11-22(30(2,3)4)15-26(24)37-28/h5-10,12-13,17,22H,11,14-15,18H2,1-4H3,(H,33,34)/t22-/m1/s1. The van der Waals surface area contributed by atoms with Crippen molar-refractivity contribution in [1.29, 1.82) is 5.26 Å². The summed E-state index contributed by atoms with van der Waals surface area (Å²) in [6.07, 6.45) is 4.72. The van der Waals surface area contributed by atoms with Gasteiger partial charge in [-0.1, -0.05) is 50.6 Å².